The molecule has 0 spiro atoms. The lowest BCUT2D eigenvalue weighted by molar-refractivity contribution is 0.0758. The number of carbonyl (C=O) groups excluding carboxylic acids is 1. The highest BCUT2D eigenvalue weighted by molar-refractivity contribution is 7.89. The van der Waals surface area contributed by atoms with Gasteiger partial charge in [-0.2, -0.15) is 4.31 Å². The van der Waals surface area contributed by atoms with Crippen LogP contribution in [0.5, 0.6) is 17.2 Å². The average molecular weight is 477 g/mol. The molecule has 2 aromatic rings. The van der Waals surface area contributed by atoms with Crippen LogP contribution in [0.1, 0.15) is 41.6 Å². The van der Waals surface area contributed by atoms with Crippen molar-refractivity contribution in [1.82, 2.24) is 9.21 Å². The van der Waals surface area contributed by atoms with Gasteiger partial charge in [-0.3, -0.25) is 4.79 Å². The highest BCUT2D eigenvalue weighted by atomic mass is 32.2. The van der Waals surface area contributed by atoms with Gasteiger partial charge in [-0.25, -0.2) is 8.42 Å². The molecule has 1 fully saturated rings. The Hall–Kier alpha value is -2.78. The van der Waals surface area contributed by atoms with Crippen molar-refractivity contribution in [2.75, 3.05) is 41.5 Å². The number of methoxy groups -OCH3 is 3. The fourth-order valence-electron chi connectivity index (χ4n) is 3.96. The van der Waals surface area contributed by atoms with Gasteiger partial charge in [-0.15, -0.1) is 0 Å². The van der Waals surface area contributed by atoms with Crippen molar-refractivity contribution in [3.8, 4) is 17.2 Å². The molecule has 180 valence electrons. The number of rotatable bonds is 8. The van der Waals surface area contributed by atoms with Crippen LogP contribution in [0, 0.1) is 0 Å². The molecular weight excluding hydrogens is 444 g/mol. The largest absolute Gasteiger partial charge is 0.496 e. The van der Waals surface area contributed by atoms with Crippen LogP contribution in [0.15, 0.2) is 41.3 Å². The number of nitrogens with zero attached hydrogens (tertiary/aromatic N) is 2. The standard InChI is InChI=1S/C24H32N2O6S/c1-25(17-18-9-11-22(31-3)23(15-18)32-4)33(28,29)19-10-12-21(30-2)20(16-19)24(27)26-13-7-5-6-8-14-26/h9-12,15-16H,5-8,13-14,17H2,1-4H3. The van der Waals surface area contributed by atoms with Gasteiger partial charge in [0.2, 0.25) is 10.0 Å². The molecule has 33 heavy (non-hydrogen) atoms. The molecule has 0 aromatic heterocycles. The van der Waals surface area contributed by atoms with E-state index in [9.17, 15) is 13.2 Å². The minimum absolute atomic E-state index is 0.0458. The van der Waals surface area contributed by atoms with Crippen LogP contribution in [0.2, 0.25) is 0 Å². The number of amides is 1. The maximum absolute atomic E-state index is 13.3. The predicted molar refractivity (Wildman–Crippen MR) is 126 cm³/mol. The summed E-state index contributed by atoms with van der Waals surface area (Å²) < 4.78 is 43.8. The maximum Gasteiger partial charge on any atom is 0.257 e. The second-order valence-electron chi connectivity index (χ2n) is 8.02. The second kappa shape index (κ2) is 10.9. The van der Waals surface area contributed by atoms with E-state index in [4.69, 9.17) is 14.2 Å². The van der Waals surface area contributed by atoms with Gasteiger partial charge in [0.15, 0.2) is 11.5 Å². The first-order chi connectivity index (χ1) is 15.8. The van der Waals surface area contributed by atoms with E-state index in [1.54, 1.807) is 36.3 Å². The first kappa shape index (κ1) is 24.9. The molecule has 1 aliphatic heterocycles. The molecule has 0 N–H and O–H groups in total. The topological polar surface area (TPSA) is 85.4 Å². The Morgan fingerprint density at radius 1 is 0.879 bits per heavy atom. The first-order valence-corrected chi connectivity index (χ1v) is 12.4. The number of hydrogen-bond acceptors (Lipinski definition) is 6. The summed E-state index contributed by atoms with van der Waals surface area (Å²) in [5, 5.41) is 0. The fraction of sp³-hybridized carbons (Fsp3) is 0.458. The third kappa shape index (κ3) is 5.59. The highest BCUT2D eigenvalue weighted by Crippen LogP contribution is 2.30. The molecule has 0 radical (unpaired) electrons. The van der Waals surface area contributed by atoms with Crippen LogP contribution in [0.25, 0.3) is 0 Å². The Kier molecular flexibility index (Phi) is 8.20. The number of sulfonamides is 1. The summed E-state index contributed by atoms with van der Waals surface area (Å²) in [6, 6.07) is 9.70. The zero-order valence-corrected chi connectivity index (χ0v) is 20.5. The number of likely N-dealkylation sites (tertiary alicyclic amines) is 1. The van der Waals surface area contributed by atoms with Gasteiger partial charge in [0.25, 0.3) is 5.91 Å². The lowest BCUT2D eigenvalue weighted by atomic mass is 10.1. The molecule has 0 bridgehead atoms. The summed E-state index contributed by atoms with van der Waals surface area (Å²) in [4.78, 5) is 15.0. The minimum Gasteiger partial charge on any atom is -0.496 e. The van der Waals surface area contributed by atoms with Gasteiger partial charge in [-0.1, -0.05) is 18.9 Å². The molecule has 8 nitrogen and oxygen atoms in total. The zero-order chi connectivity index (χ0) is 24.0. The molecule has 0 aliphatic carbocycles. The first-order valence-electron chi connectivity index (χ1n) is 11.0. The summed E-state index contributed by atoms with van der Waals surface area (Å²) in [5.41, 5.74) is 1.01. The second-order valence-corrected chi connectivity index (χ2v) is 10.1. The smallest absolute Gasteiger partial charge is 0.257 e. The van der Waals surface area contributed by atoms with Crippen molar-refractivity contribution in [1.29, 1.82) is 0 Å². The van der Waals surface area contributed by atoms with E-state index in [-0.39, 0.29) is 22.9 Å². The van der Waals surface area contributed by atoms with E-state index >= 15 is 0 Å². The number of ether oxygens (including phenoxy) is 3. The van der Waals surface area contributed by atoms with E-state index in [1.165, 1.54) is 37.7 Å². The summed E-state index contributed by atoms with van der Waals surface area (Å²) >= 11 is 0. The molecule has 9 heteroatoms. The van der Waals surface area contributed by atoms with E-state index < -0.39 is 10.0 Å². The maximum atomic E-state index is 13.3. The molecule has 0 atom stereocenters. The van der Waals surface area contributed by atoms with Crippen molar-refractivity contribution in [2.24, 2.45) is 0 Å². The molecule has 1 amide bonds. The Morgan fingerprint density at radius 2 is 1.48 bits per heavy atom. The Labute approximate surface area is 196 Å². The Balaban J connectivity index is 1.88. The number of carbonyl (C=O) groups is 1. The van der Waals surface area contributed by atoms with Crippen LogP contribution in [-0.2, 0) is 16.6 Å². The normalized spacial score (nSPS) is 14.6. The highest BCUT2D eigenvalue weighted by Gasteiger charge is 2.26. The fourth-order valence-corrected chi connectivity index (χ4v) is 5.15. The number of benzene rings is 2. The van der Waals surface area contributed by atoms with Gasteiger partial charge in [0.05, 0.1) is 31.8 Å². The lowest BCUT2D eigenvalue weighted by Crippen LogP contribution is -2.32. The Bertz CT molecular complexity index is 1080. The van der Waals surface area contributed by atoms with Crippen molar-refractivity contribution >= 4 is 15.9 Å². The quantitative estimate of drug-likeness (QED) is 0.579. The van der Waals surface area contributed by atoms with Crippen molar-refractivity contribution in [3.63, 3.8) is 0 Å². The monoisotopic (exact) mass is 476 g/mol. The molecule has 1 saturated heterocycles. The zero-order valence-electron chi connectivity index (χ0n) is 19.7. The summed E-state index contributed by atoms with van der Waals surface area (Å²) in [6.45, 7) is 1.46. The number of hydrogen-bond donors (Lipinski definition) is 0. The van der Waals surface area contributed by atoms with Gasteiger partial charge in [-0.05, 0) is 48.7 Å². The molecule has 2 aromatic carbocycles. The van der Waals surface area contributed by atoms with E-state index in [1.807, 2.05) is 0 Å². The van der Waals surface area contributed by atoms with E-state index in [2.05, 4.69) is 0 Å². The van der Waals surface area contributed by atoms with Gasteiger partial charge in [0, 0.05) is 26.7 Å². The van der Waals surface area contributed by atoms with Crippen molar-refractivity contribution in [2.45, 2.75) is 37.1 Å². The Morgan fingerprint density at radius 3 is 2.09 bits per heavy atom. The molecule has 3 rings (SSSR count). The van der Waals surface area contributed by atoms with Crippen LogP contribution in [0.4, 0.5) is 0 Å². The van der Waals surface area contributed by atoms with Crippen LogP contribution in [0.3, 0.4) is 0 Å². The van der Waals surface area contributed by atoms with Gasteiger partial charge >= 0.3 is 0 Å². The lowest BCUT2D eigenvalue weighted by Gasteiger charge is -2.23. The summed E-state index contributed by atoms with van der Waals surface area (Å²) in [5.74, 6) is 1.26. The third-order valence-corrected chi connectivity index (χ3v) is 7.66. The molecular formula is C24H32N2O6S. The third-order valence-electron chi connectivity index (χ3n) is 5.86. The van der Waals surface area contributed by atoms with Crippen LogP contribution >= 0.6 is 0 Å². The SMILES string of the molecule is COc1ccc(CN(C)S(=O)(=O)c2ccc(OC)c(C(=O)N3CCCCCC3)c2)cc1OC. The van der Waals surface area contributed by atoms with E-state index in [0.29, 0.717) is 30.3 Å². The van der Waals surface area contributed by atoms with Crippen molar-refractivity contribution < 1.29 is 27.4 Å². The molecule has 1 aliphatic rings. The molecule has 1 heterocycles. The van der Waals surface area contributed by atoms with Gasteiger partial charge < -0.3 is 19.1 Å². The van der Waals surface area contributed by atoms with E-state index in [0.717, 1.165) is 31.2 Å². The summed E-state index contributed by atoms with van der Waals surface area (Å²) in [7, 11) is 2.20. The van der Waals surface area contributed by atoms with Crippen LogP contribution in [-0.4, -0.2) is 65.0 Å². The van der Waals surface area contributed by atoms with Gasteiger partial charge in [0.1, 0.15) is 5.75 Å². The predicted octanol–water partition coefficient (Wildman–Crippen LogP) is 3.55. The average Bonchev–Trinajstić information content (AvgIpc) is 3.12. The minimum atomic E-state index is -3.86. The van der Waals surface area contributed by atoms with Crippen LogP contribution < -0.4 is 14.2 Å². The van der Waals surface area contributed by atoms with Crippen molar-refractivity contribution in [3.05, 3.63) is 47.5 Å². The summed E-state index contributed by atoms with van der Waals surface area (Å²) in [6.07, 6.45) is 4.08. The molecule has 0 saturated carbocycles. The molecule has 0 unspecified atom stereocenters.